The fourth-order valence-electron chi connectivity index (χ4n) is 5.25. The average Bonchev–Trinajstić information content (AvgIpc) is 2.93. The van der Waals surface area contributed by atoms with E-state index in [4.69, 9.17) is 11.6 Å². The van der Waals surface area contributed by atoms with Crippen molar-refractivity contribution in [3.63, 3.8) is 0 Å². The molecule has 2 bridgehead atoms. The summed E-state index contributed by atoms with van der Waals surface area (Å²) >= 11 is 5.97. The normalized spacial score (nSPS) is 19.7. The van der Waals surface area contributed by atoms with Crippen LogP contribution in [0.25, 0.3) is 16.7 Å². The van der Waals surface area contributed by atoms with E-state index in [1.807, 2.05) is 19.1 Å². The number of anilines is 1. The maximum Gasteiger partial charge on any atom is 0.247 e. The number of carbonyl (C=O) groups excluding carboxylic acids is 2. The second-order valence-corrected chi connectivity index (χ2v) is 10.3. The first-order valence-electron chi connectivity index (χ1n) is 12.7. The van der Waals surface area contributed by atoms with Crippen LogP contribution in [0, 0.1) is 28.9 Å². The Hall–Kier alpha value is -4.09. The molecule has 2 atom stereocenters. The molecule has 2 unspecified atom stereocenters. The molecule has 3 heterocycles. The number of hydrogen-bond acceptors (Lipinski definition) is 4. The molecule has 6 nitrogen and oxygen atoms in total. The number of amides is 2. The van der Waals surface area contributed by atoms with Crippen molar-refractivity contribution < 1.29 is 18.4 Å². The molecule has 0 radical (unpaired) electrons. The summed E-state index contributed by atoms with van der Waals surface area (Å²) in [4.78, 5) is 32.6. The van der Waals surface area contributed by atoms with Gasteiger partial charge in [0.25, 0.3) is 0 Å². The molecular weight excluding hydrogens is 522 g/mol. The van der Waals surface area contributed by atoms with Crippen molar-refractivity contribution in [3.8, 4) is 17.2 Å². The molecule has 2 amide bonds. The number of fused-ring (bicyclic) bond motifs is 4. The van der Waals surface area contributed by atoms with Gasteiger partial charge in [-0.1, -0.05) is 24.9 Å². The minimum Gasteiger partial charge on any atom is -0.330 e. The number of halogens is 3. The molecule has 5 rings (SSSR count). The summed E-state index contributed by atoms with van der Waals surface area (Å²) in [5, 5.41) is 12.3. The largest absolute Gasteiger partial charge is 0.330 e. The summed E-state index contributed by atoms with van der Waals surface area (Å²) in [5.41, 5.74) is 2.90. The maximum atomic E-state index is 14.9. The Morgan fingerprint density at radius 2 is 1.95 bits per heavy atom. The van der Waals surface area contributed by atoms with Crippen LogP contribution < -0.4 is 5.32 Å². The van der Waals surface area contributed by atoms with E-state index in [1.54, 1.807) is 23.2 Å². The molecule has 3 aromatic rings. The zero-order chi connectivity index (χ0) is 27.7. The van der Waals surface area contributed by atoms with Gasteiger partial charge in [0.1, 0.15) is 5.82 Å². The van der Waals surface area contributed by atoms with Crippen molar-refractivity contribution in [2.75, 3.05) is 11.9 Å². The summed E-state index contributed by atoms with van der Waals surface area (Å²) in [7, 11) is 0. The number of nitrogens with zero attached hydrogens (tertiary/aromatic N) is 3. The van der Waals surface area contributed by atoms with Crippen LogP contribution in [-0.2, 0) is 9.59 Å². The summed E-state index contributed by atoms with van der Waals surface area (Å²) in [6.07, 6.45) is 5.08. The summed E-state index contributed by atoms with van der Waals surface area (Å²) in [6.45, 7) is 2.11. The summed E-state index contributed by atoms with van der Waals surface area (Å²) < 4.78 is 29.2. The maximum absolute atomic E-state index is 14.9. The van der Waals surface area contributed by atoms with Gasteiger partial charge in [-0.15, -0.1) is 0 Å². The lowest BCUT2D eigenvalue weighted by molar-refractivity contribution is -0.129. The summed E-state index contributed by atoms with van der Waals surface area (Å²) in [5.74, 6) is -1.95. The molecule has 2 aromatic carbocycles. The van der Waals surface area contributed by atoms with Gasteiger partial charge in [-0.05, 0) is 72.9 Å². The predicted octanol–water partition coefficient (Wildman–Crippen LogP) is 6.67. The second-order valence-electron chi connectivity index (χ2n) is 9.84. The van der Waals surface area contributed by atoms with Gasteiger partial charge < -0.3 is 10.2 Å². The monoisotopic (exact) mass is 546 g/mol. The first-order chi connectivity index (χ1) is 18.8. The zero-order valence-electron chi connectivity index (χ0n) is 21.2. The molecule has 1 N–H and O–H groups in total. The predicted molar refractivity (Wildman–Crippen MR) is 144 cm³/mol. The third-order valence-electron chi connectivity index (χ3n) is 7.35. The smallest absolute Gasteiger partial charge is 0.247 e. The first kappa shape index (κ1) is 26.5. The third-order valence-corrected chi connectivity index (χ3v) is 7.64. The van der Waals surface area contributed by atoms with Crippen molar-refractivity contribution in [2.24, 2.45) is 5.92 Å². The molecule has 0 fully saturated rings. The third kappa shape index (κ3) is 5.27. The number of hydrogen-bond donors (Lipinski definition) is 1. The second kappa shape index (κ2) is 11.0. The molecule has 0 spiro atoms. The molecule has 1 aromatic heterocycles. The minimum atomic E-state index is -0.721. The van der Waals surface area contributed by atoms with Crippen molar-refractivity contribution in [1.29, 1.82) is 5.26 Å². The number of rotatable bonds is 2. The SMILES string of the molecule is CC1CCCC(N2CCC(c3c(C#N)ccc(Cl)c3F)=CC2=O)c2cc(ccn2)-c2cc(F)ccc2NC1=O. The molecule has 39 heavy (non-hydrogen) atoms. The highest BCUT2D eigenvalue weighted by atomic mass is 35.5. The minimum absolute atomic E-state index is 0.0512. The van der Waals surface area contributed by atoms with Crippen LogP contribution in [0.5, 0.6) is 0 Å². The molecular formula is C30H25ClF2N4O2. The molecule has 2 aliphatic rings. The fraction of sp³-hybridized carbons (Fsp3) is 0.267. The average molecular weight is 547 g/mol. The van der Waals surface area contributed by atoms with Crippen LogP contribution in [0.1, 0.15) is 55.5 Å². The van der Waals surface area contributed by atoms with Crippen LogP contribution in [0.3, 0.4) is 0 Å². The van der Waals surface area contributed by atoms with Crippen LogP contribution in [0.2, 0.25) is 5.02 Å². The van der Waals surface area contributed by atoms with E-state index in [-0.39, 0.29) is 40.4 Å². The Kier molecular flexibility index (Phi) is 7.45. The quantitative estimate of drug-likeness (QED) is 0.389. The van der Waals surface area contributed by atoms with Crippen molar-refractivity contribution in [1.82, 2.24) is 9.88 Å². The van der Waals surface area contributed by atoms with Gasteiger partial charge in [-0.25, -0.2) is 8.78 Å². The molecule has 0 aliphatic carbocycles. The molecule has 0 saturated carbocycles. The number of nitrogens with one attached hydrogen (secondary N) is 1. The molecule has 198 valence electrons. The van der Waals surface area contributed by atoms with Gasteiger partial charge in [-0.2, -0.15) is 5.26 Å². The number of benzene rings is 2. The van der Waals surface area contributed by atoms with Gasteiger partial charge in [-0.3, -0.25) is 14.6 Å². The van der Waals surface area contributed by atoms with Crippen LogP contribution in [0.15, 0.2) is 54.7 Å². The highest BCUT2D eigenvalue weighted by molar-refractivity contribution is 6.31. The van der Waals surface area contributed by atoms with Gasteiger partial charge in [0.2, 0.25) is 11.8 Å². The lowest BCUT2D eigenvalue weighted by Crippen LogP contribution is -2.38. The van der Waals surface area contributed by atoms with Crippen molar-refractivity contribution in [3.05, 3.63) is 88.2 Å². The summed E-state index contributed by atoms with van der Waals surface area (Å²) in [6, 6.07) is 12.1. The van der Waals surface area contributed by atoms with E-state index in [9.17, 15) is 23.6 Å². The van der Waals surface area contributed by atoms with Crippen LogP contribution >= 0.6 is 11.6 Å². The van der Waals surface area contributed by atoms with Crippen LogP contribution in [0.4, 0.5) is 14.5 Å². The molecule has 0 saturated heterocycles. The molecule has 9 heteroatoms. The Morgan fingerprint density at radius 3 is 2.72 bits per heavy atom. The van der Waals surface area contributed by atoms with Gasteiger partial charge in [0.05, 0.1) is 28.4 Å². The van der Waals surface area contributed by atoms with E-state index in [0.717, 1.165) is 0 Å². The topological polar surface area (TPSA) is 86.1 Å². The Labute approximate surface area is 229 Å². The lowest BCUT2D eigenvalue weighted by Gasteiger charge is -2.34. The Balaban J connectivity index is 1.55. The van der Waals surface area contributed by atoms with E-state index in [2.05, 4.69) is 10.3 Å². The number of nitriles is 1. The van der Waals surface area contributed by atoms with E-state index in [1.165, 1.54) is 30.3 Å². The fourth-order valence-corrected chi connectivity index (χ4v) is 5.41. The first-order valence-corrected chi connectivity index (χ1v) is 13.1. The van der Waals surface area contributed by atoms with Gasteiger partial charge >= 0.3 is 0 Å². The Bertz CT molecular complexity index is 1550. The highest BCUT2D eigenvalue weighted by Gasteiger charge is 2.31. The lowest BCUT2D eigenvalue weighted by atomic mass is 9.91. The molecule has 2 aliphatic heterocycles. The van der Waals surface area contributed by atoms with E-state index >= 15 is 0 Å². The van der Waals surface area contributed by atoms with Crippen LogP contribution in [-0.4, -0.2) is 28.2 Å². The van der Waals surface area contributed by atoms with E-state index in [0.29, 0.717) is 53.8 Å². The van der Waals surface area contributed by atoms with Crippen molar-refractivity contribution >= 4 is 34.7 Å². The number of aromatic nitrogens is 1. The van der Waals surface area contributed by atoms with Gasteiger partial charge in [0.15, 0.2) is 5.82 Å². The number of carbonyl (C=O) groups is 2. The van der Waals surface area contributed by atoms with Crippen molar-refractivity contribution in [2.45, 2.75) is 38.6 Å². The Morgan fingerprint density at radius 1 is 1.13 bits per heavy atom. The standard InChI is InChI=1S/C30H25ClF2N4O2/c1-17-3-2-4-26(25-13-18(9-11-35-25)22-15-21(32)6-8-24(22)36-30(17)39)37-12-10-19(14-27(37)38)28-20(16-34)5-7-23(31)29(28)33/h5-9,11,13-15,17,26H,2-4,10,12H2,1H3,(H,36,39). The van der Waals surface area contributed by atoms with Gasteiger partial charge in [0, 0.05) is 41.5 Å². The zero-order valence-corrected chi connectivity index (χ0v) is 21.9. The highest BCUT2D eigenvalue weighted by Crippen LogP contribution is 2.37. The van der Waals surface area contributed by atoms with E-state index < -0.39 is 17.7 Å². The number of pyridine rings is 1.